The number of hydrogen-bond donors (Lipinski definition) is 12. The minimum Gasteiger partial charge on any atom is -0.481 e. The van der Waals surface area contributed by atoms with E-state index in [0.717, 1.165) is 0 Å². The van der Waals surface area contributed by atoms with E-state index in [1.807, 2.05) is 0 Å². The van der Waals surface area contributed by atoms with Crippen LogP contribution in [0.2, 0.25) is 0 Å². The van der Waals surface area contributed by atoms with Gasteiger partial charge in [-0.25, -0.2) is 4.79 Å². The fourth-order valence-electron chi connectivity index (χ4n) is 5.93. The predicted octanol–water partition coefficient (Wildman–Crippen LogP) is -2.62. The van der Waals surface area contributed by atoms with Crippen molar-refractivity contribution in [3.63, 3.8) is 0 Å². The van der Waals surface area contributed by atoms with Gasteiger partial charge in [0.25, 0.3) is 0 Å². The minimum atomic E-state index is -1.84. The smallest absolute Gasteiger partial charge is 0.326 e. The number of carboxylic acid groups (broad SMARTS) is 2. The summed E-state index contributed by atoms with van der Waals surface area (Å²) in [6, 6.07) is 8.34. The lowest BCUT2D eigenvalue weighted by molar-refractivity contribution is -0.147. The number of hydrogen-bond acceptors (Lipinski definition) is 11. The van der Waals surface area contributed by atoms with Gasteiger partial charge in [-0.15, -0.1) is 0 Å². The number of carboxylic acids is 2. The number of nitrogens with two attached hydrogens (primary N) is 3. The van der Waals surface area contributed by atoms with Crippen LogP contribution in [0.4, 0.5) is 0 Å². The number of carbonyl (C=O) groups is 8. The normalized spacial score (nSPS) is 14.8. The first-order valence-electron chi connectivity index (χ1n) is 19.6. The zero-order chi connectivity index (χ0) is 45.6. The van der Waals surface area contributed by atoms with E-state index in [4.69, 9.17) is 17.2 Å². The Kier molecular flexibility index (Phi) is 21.4. The minimum absolute atomic E-state index is 0.0185. The summed E-state index contributed by atoms with van der Waals surface area (Å²) in [4.78, 5) is 108. The third-order valence-corrected chi connectivity index (χ3v) is 9.46. The van der Waals surface area contributed by atoms with Crippen LogP contribution in [0.5, 0.6) is 0 Å². The summed E-state index contributed by atoms with van der Waals surface area (Å²) < 4.78 is 0. The molecule has 2 rings (SSSR count). The van der Waals surface area contributed by atoms with Gasteiger partial charge in [0.05, 0.1) is 19.1 Å². The number of aliphatic hydroxyl groups is 1. The van der Waals surface area contributed by atoms with Gasteiger partial charge >= 0.3 is 11.9 Å². The SMILES string of the molecule is CC[C@H](C)[C@H](NC(=O)[C@@H](NC(=O)CN)[C@@H](C)O)C(=O)N[C@@H](Cc1ccccc1)C(=O)N[C@@H](Cc1ccccc1)C(=O)N[C@@H](CCCN=C(N)N)C(=O)N[C@@H](CC(=O)O)C(=O)O. The Morgan fingerprint density at radius 3 is 1.54 bits per heavy atom. The van der Waals surface area contributed by atoms with Gasteiger partial charge in [0.2, 0.25) is 35.4 Å². The molecule has 6 amide bonds. The summed E-state index contributed by atoms with van der Waals surface area (Å²) in [5.41, 5.74) is 17.4. The molecule has 0 saturated carbocycles. The number of amides is 6. The van der Waals surface area contributed by atoms with Crippen molar-refractivity contribution in [2.75, 3.05) is 13.1 Å². The molecule has 0 heterocycles. The van der Waals surface area contributed by atoms with Crippen molar-refractivity contribution in [3.8, 4) is 0 Å². The first kappa shape index (κ1) is 50.5. The summed E-state index contributed by atoms with van der Waals surface area (Å²) in [5.74, 6) is -9.02. The van der Waals surface area contributed by atoms with Crippen LogP contribution in [0.3, 0.4) is 0 Å². The summed E-state index contributed by atoms with van der Waals surface area (Å²) in [6.45, 7) is 4.27. The molecule has 0 radical (unpaired) electrons. The molecule has 0 saturated heterocycles. The molecule has 2 aromatic rings. The molecular weight excluding hydrogens is 796 g/mol. The molecule has 0 aliphatic heterocycles. The third kappa shape index (κ3) is 18.0. The molecule has 21 nitrogen and oxygen atoms in total. The van der Waals surface area contributed by atoms with E-state index in [2.05, 4.69) is 36.9 Å². The van der Waals surface area contributed by atoms with Crippen LogP contribution >= 0.6 is 0 Å². The van der Waals surface area contributed by atoms with Gasteiger partial charge in [0.15, 0.2) is 5.96 Å². The highest BCUT2D eigenvalue weighted by Gasteiger charge is 2.36. The number of guanidine groups is 1. The van der Waals surface area contributed by atoms with Gasteiger partial charge < -0.3 is 64.4 Å². The zero-order valence-corrected chi connectivity index (χ0v) is 34.3. The van der Waals surface area contributed by atoms with Crippen LogP contribution < -0.4 is 49.1 Å². The second kappa shape index (κ2) is 25.8. The molecule has 0 aliphatic rings. The molecule has 334 valence electrons. The molecule has 0 spiro atoms. The molecule has 0 aliphatic carbocycles. The van der Waals surface area contributed by atoms with E-state index in [1.165, 1.54) is 6.92 Å². The topological polar surface area (TPSA) is 360 Å². The van der Waals surface area contributed by atoms with E-state index < -0.39 is 109 Å². The number of nitrogens with zero attached hydrogens (tertiary/aromatic N) is 1. The first-order valence-corrected chi connectivity index (χ1v) is 19.6. The number of nitrogens with one attached hydrogen (secondary N) is 6. The molecule has 21 heteroatoms. The standard InChI is InChI=1S/C40H58N10O11/c1-4-22(2)32(50-38(59)33(23(3)51)49-30(52)21-41)37(58)47-28(19-25-14-9-6-10-15-25)36(57)46-27(18-24-12-7-5-8-13-24)35(56)45-26(16-11-17-44-40(42)43)34(55)48-29(39(60)61)20-31(53)54/h5-10,12-15,22-23,26-29,32-33,51H,4,11,16-21,41H2,1-3H3,(H,45,56)(H,46,57)(H,47,58)(H,48,55)(H,49,52)(H,50,59)(H,53,54)(H,60,61)(H4,42,43,44)/t22-,23+,26-,27-,28-,29-,32-,33-/m0/s1. The number of aliphatic hydroxyl groups excluding tert-OH is 1. The Balaban J connectivity index is 2.52. The lowest BCUT2D eigenvalue weighted by Gasteiger charge is -2.30. The van der Waals surface area contributed by atoms with Gasteiger partial charge in [-0.1, -0.05) is 80.9 Å². The summed E-state index contributed by atoms with van der Waals surface area (Å²) in [5, 5.41) is 44.0. The van der Waals surface area contributed by atoms with Gasteiger partial charge in [-0.05, 0) is 36.8 Å². The van der Waals surface area contributed by atoms with Crippen LogP contribution in [0.1, 0.15) is 57.6 Å². The van der Waals surface area contributed by atoms with Crippen LogP contribution in [0, 0.1) is 5.92 Å². The number of carbonyl (C=O) groups excluding carboxylic acids is 6. The van der Waals surface area contributed by atoms with Crippen molar-refractivity contribution < 1.29 is 53.7 Å². The largest absolute Gasteiger partial charge is 0.481 e. The fourth-order valence-corrected chi connectivity index (χ4v) is 5.93. The fraction of sp³-hybridized carbons (Fsp3) is 0.475. The monoisotopic (exact) mass is 854 g/mol. The van der Waals surface area contributed by atoms with Gasteiger partial charge in [0, 0.05) is 19.4 Å². The van der Waals surface area contributed by atoms with Crippen molar-refractivity contribution in [1.29, 1.82) is 0 Å². The molecule has 8 atom stereocenters. The second-order valence-electron chi connectivity index (χ2n) is 14.4. The van der Waals surface area contributed by atoms with E-state index in [9.17, 15) is 53.7 Å². The summed E-state index contributed by atoms with van der Waals surface area (Å²) >= 11 is 0. The van der Waals surface area contributed by atoms with E-state index in [1.54, 1.807) is 74.5 Å². The molecule has 0 aromatic heterocycles. The molecular formula is C40H58N10O11. The van der Waals surface area contributed by atoms with Crippen LogP contribution in [-0.4, -0.2) is 124 Å². The van der Waals surface area contributed by atoms with Crippen LogP contribution in [0.15, 0.2) is 65.7 Å². The molecule has 0 fully saturated rings. The summed E-state index contributed by atoms with van der Waals surface area (Å²) in [6.07, 6.45) is -2.17. The molecule has 0 bridgehead atoms. The summed E-state index contributed by atoms with van der Waals surface area (Å²) in [7, 11) is 0. The maximum Gasteiger partial charge on any atom is 0.326 e. The van der Waals surface area contributed by atoms with Crippen LogP contribution in [0.25, 0.3) is 0 Å². The van der Waals surface area contributed by atoms with Crippen molar-refractivity contribution in [3.05, 3.63) is 71.8 Å². The van der Waals surface area contributed by atoms with Crippen molar-refractivity contribution >= 4 is 53.3 Å². The predicted molar refractivity (Wildman–Crippen MR) is 222 cm³/mol. The van der Waals surface area contributed by atoms with Crippen LogP contribution in [-0.2, 0) is 51.2 Å². The van der Waals surface area contributed by atoms with Gasteiger partial charge in [-0.2, -0.15) is 0 Å². The maximum absolute atomic E-state index is 14.3. The van der Waals surface area contributed by atoms with Crippen molar-refractivity contribution in [1.82, 2.24) is 31.9 Å². The quantitative estimate of drug-likeness (QED) is 0.0262. The number of rotatable bonds is 26. The Hall–Kier alpha value is -6.61. The number of aliphatic carboxylic acids is 2. The highest BCUT2D eigenvalue weighted by atomic mass is 16.4. The first-order chi connectivity index (χ1) is 28.9. The van der Waals surface area contributed by atoms with Crippen molar-refractivity contribution in [2.45, 2.75) is 102 Å². The van der Waals surface area contributed by atoms with E-state index >= 15 is 0 Å². The second-order valence-corrected chi connectivity index (χ2v) is 14.4. The zero-order valence-electron chi connectivity index (χ0n) is 34.3. The van der Waals surface area contributed by atoms with Gasteiger partial charge in [0.1, 0.15) is 36.3 Å². The highest BCUT2D eigenvalue weighted by Crippen LogP contribution is 2.13. The number of benzene rings is 2. The average molecular weight is 855 g/mol. The lowest BCUT2D eigenvalue weighted by atomic mass is 9.96. The lowest BCUT2D eigenvalue weighted by Crippen LogP contribution is -2.62. The Labute approximate surface area is 353 Å². The maximum atomic E-state index is 14.3. The van der Waals surface area contributed by atoms with E-state index in [0.29, 0.717) is 17.5 Å². The molecule has 61 heavy (non-hydrogen) atoms. The molecule has 0 unspecified atom stereocenters. The average Bonchev–Trinajstić information content (AvgIpc) is 3.21. The third-order valence-electron chi connectivity index (χ3n) is 9.46. The van der Waals surface area contributed by atoms with Gasteiger partial charge in [-0.3, -0.25) is 38.6 Å². The Bertz CT molecular complexity index is 1830. The molecule has 15 N–H and O–H groups in total. The number of aliphatic imine (C=N–C) groups is 1. The molecule has 2 aromatic carbocycles. The highest BCUT2D eigenvalue weighted by molar-refractivity contribution is 5.97. The Morgan fingerprint density at radius 2 is 1.10 bits per heavy atom. The van der Waals surface area contributed by atoms with E-state index in [-0.39, 0.29) is 38.2 Å². The van der Waals surface area contributed by atoms with Crippen molar-refractivity contribution in [2.24, 2.45) is 28.1 Å². The Morgan fingerprint density at radius 1 is 0.639 bits per heavy atom.